The Hall–Kier alpha value is -9.69. The van der Waals surface area contributed by atoms with Crippen molar-refractivity contribution in [3.8, 4) is 34.5 Å². The summed E-state index contributed by atoms with van der Waals surface area (Å²) < 4.78 is 139. The summed E-state index contributed by atoms with van der Waals surface area (Å²) in [6.45, 7) is 0. The Balaban J connectivity index is 0.000000210. The highest BCUT2D eigenvalue weighted by molar-refractivity contribution is 7.92. The maximum atomic E-state index is 13.2. The van der Waals surface area contributed by atoms with Crippen LogP contribution < -0.4 is 9.47 Å². The van der Waals surface area contributed by atoms with Crippen molar-refractivity contribution in [3.05, 3.63) is 288 Å². The van der Waals surface area contributed by atoms with E-state index in [9.17, 15) is 52.4 Å². The standard InChI is InChI=1S/C37H24F2O7S2.C13H10O3.C12H8F2O2S/c38-27-6-16-33(17-7-27)47(41,42)35-20-12-30(13-21-35)45-29-10-4-25(5-11-29)37(40)26-2-1-3-32(24-26)46-31-14-22-36(23-15-31)48(43,44)34-18-8-28(39)9-19-34;14-11-5-1-9(2-6-11)13(16)10-3-7-12(15)8-4-10;13-9-1-5-11(6-2-9)17(15,16)12-7-3-10(14)4-8-12/h1-24H;1-8,14-15H;1-8H. The lowest BCUT2D eigenvalue weighted by Gasteiger charge is -2.10. The van der Waals surface area contributed by atoms with Crippen molar-refractivity contribution >= 4 is 41.1 Å². The molecule has 10 aromatic rings. The summed E-state index contributed by atoms with van der Waals surface area (Å²) in [7, 11) is -11.4. The predicted molar refractivity (Wildman–Crippen MR) is 291 cm³/mol. The van der Waals surface area contributed by atoms with E-state index in [1.165, 1.54) is 121 Å². The van der Waals surface area contributed by atoms with Gasteiger partial charge in [-0.2, -0.15) is 0 Å². The van der Waals surface area contributed by atoms with E-state index in [1.54, 1.807) is 72.8 Å². The van der Waals surface area contributed by atoms with Gasteiger partial charge < -0.3 is 19.7 Å². The number of halogens is 4. The van der Waals surface area contributed by atoms with E-state index in [4.69, 9.17) is 19.7 Å². The molecular formula is C62H42F4O12S3. The van der Waals surface area contributed by atoms with Crippen molar-refractivity contribution in [2.45, 2.75) is 29.4 Å². The van der Waals surface area contributed by atoms with Gasteiger partial charge in [-0.1, -0.05) is 12.1 Å². The first kappa shape index (κ1) is 57.5. The zero-order valence-electron chi connectivity index (χ0n) is 41.8. The van der Waals surface area contributed by atoms with Gasteiger partial charge in [0.25, 0.3) is 0 Å². The Kier molecular flexibility index (Phi) is 17.7. The Morgan fingerprint density at radius 3 is 0.815 bits per heavy atom. The second-order valence-corrected chi connectivity index (χ2v) is 23.1. The largest absolute Gasteiger partial charge is 0.508 e. The molecule has 0 saturated heterocycles. The van der Waals surface area contributed by atoms with E-state index in [-0.39, 0.29) is 52.4 Å². The highest BCUT2D eigenvalue weighted by Gasteiger charge is 2.21. The zero-order chi connectivity index (χ0) is 57.9. The number of hydrogen-bond donors (Lipinski definition) is 2. The van der Waals surface area contributed by atoms with Crippen LogP contribution in [0.3, 0.4) is 0 Å². The summed E-state index contributed by atoms with van der Waals surface area (Å²) >= 11 is 0. The number of rotatable bonds is 14. The number of phenolic OH excluding ortho intramolecular Hbond substituents is 2. The molecule has 0 spiro atoms. The molecule has 81 heavy (non-hydrogen) atoms. The fourth-order valence-electron chi connectivity index (χ4n) is 7.44. The fraction of sp³-hybridized carbons (Fsp3) is 0. The molecule has 0 radical (unpaired) electrons. The van der Waals surface area contributed by atoms with Gasteiger partial charge in [0.15, 0.2) is 11.6 Å². The molecule has 19 heteroatoms. The van der Waals surface area contributed by atoms with Crippen LogP contribution in [0.25, 0.3) is 0 Å². The molecule has 0 aliphatic heterocycles. The molecular weight excluding hydrogens is 1110 g/mol. The molecule has 0 aliphatic carbocycles. The topological polar surface area (TPSA) is 195 Å². The van der Waals surface area contributed by atoms with Crippen LogP contribution in [-0.2, 0) is 29.5 Å². The van der Waals surface area contributed by atoms with E-state index < -0.39 is 52.8 Å². The van der Waals surface area contributed by atoms with E-state index in [2.05, 4.69) is 0 Å². The minimum atomic E-state index is -3.84. The normalized spacial score (nSPS) is 11.2. The molecule has 0 fully saturated rings. The van der Waals surface area contributed by atoms with Crippen LogP contribution in [0.5, 0.6) is 34.5 Å². The third-order valence-corrected chi connectivity index (χ3v) is 17.1. The van der Waals surface area contributed by atoms with Gasteiger partial charge in [-0.05, 0) is 231 Å². The number of benzene rings is 10. The molecule has 2 N–H and O–H groups in total. The van der Waals surface area contributed by atoms with Crippen molar-refractivity contribution in [2.24, 2.45) is 0 Å². The minimum absolute atomic E-state index is 0.0182. The molecule has 0 amide bonds. The zero-order valence-corrected chi connectivity index (χ0v) is 44.3. The quantitative estimate of drug-likeness (QED) is 0.0595. The lowest BCUT2D eigenvalue weighted by molar-refractivity contribution is 0.103. The van der Waals surface area contributed by atoms with E-state index in [0.717, 1.165) is 48.5 Å². The highest BCUT2D eigenvalue weighted by Crippen LogP contribution is 2.30. The molecule has 408 valence electrons. The van der Waals surface area contributed by atoms with Gasteiger partial charge in [0.1, 0.15) is 57.8 Å². The average Bonchev–Trinajstić information content (AvgIpc) is 3.48. The number of carbonyl (C=O) groups excluding carboxylic acids is 2. The van der Waals surface area contributed by atoms with E-state index in [0.29, 0.717) is 45.3 Å². The first-order valence-corrected chi connectivity index (χ1v) is 28.3. The van der Waals surface area contributed by atoms with Gasteiger partial charge in [0.05, 0.1) is 29.4 Å². The summed E-state index contributed by atoms with van der Waals surface area (Å²) in [6.07, 6.45) is 0. The van der Waals surface area contributed by atoms with Crippen molar-refractivity contribution in [3.63, 3.8) is 0 Å². The van der Waals surface area contributed by atoms with Crippen LogP contribution in [0.2, 0.25) is 0 Å². The Morgan fingerprint density at radius 2 is 0.519 bits per heavy atom. The van der Waals surface area contributed by atoms with Gasteiger partial charge >= 0.3 is 0 Å². The monoisotopic (exact) mass is 1150 g/mol. The first-order chi connectivity index (χ1) is 38.6. The lowest BCUT2D eigenvalue weighted by Crippen LogP contribution is -2.02. The molecule has 12 nitrogen and oxygen atoms in total. The predicted octanol–water partition coefficient (Wildman–Crippen LogP) is 13.6. The summed E-state index contributed by atoms with van der Waals surface area (Å²) in [5, 5.41) is 18.2. The van der Waals surface area contributed by atoms with Gasteiger partial charge in [-0.25, -0.2) is 42.8 Å². The molecule has 0 aliphatic rings. The van der Waals surface area contributed by atoms with Gasteiger partial charge in [0.2, 0.25) is 29.5 Å². The second kappa shape index (κ2) is 25.0. The van der Waals surface area contributed by atoms with Crippen LogP contribution in [0, 0.1) is 23.3 Å². The third kappa shape index (κ3) is 14.5. The van der Waals surface area contributed by atoms with Crippen LogP contribution in [0.1, 0.15) is 31.8 Å². The van der Waals surface area contributed by atoms with Gasteiger partial charge in [-0.3, -0.25) is 9.59 Å². The Labute approximate surface area is 462 Å². The van der Waals surface area contributed by atoms with Crippen LogP contribution in [0.15, 0.2) is 272 Å². The molecule has 10 aromatic carbocycles. The SMILES string of the molecule is O=C(c1ccc(O)cc1)c1ccc(O)cc1.O=C(c1ccc(Oc2ccc(S(=O)(=O)c3ccc(F)cc3)cc2)cc1)c1cccc(Oc2ccc(S(=O)(=O)c3ccc(F)cc3)cc2)c1.O=S(=O)(c1ccc(F)cc1)c1ccc(F)cc1. The number of aromatic hydroxyl groups is 2. The van der Waals surface area contributed by atoms with E-state index >= 15 is 0 Å². The second-order valence-electron chi connectivity index (χ2n) is 17.3. The maximum Gasteiger partial charge on any atom is 0.206 e. The number of hydrogen-bond acceptors (Lipinski definition) is 12. The average molecular weight is 1150 g/mol. The molecule has 0 atom stereocenters. The number of ketones is 2. The van der Waals surface area contributed by atoms with Crippen LogP contribution in [-0.4, -0.2) is 47.0 Å². The lowest BCUT2D eigenvalue weighted by atomic mass is 10.0. The van der Waals surface area contributed by atoms with Crippen molar-refractivity contribution < 1.29 is 72.1 Å². The van der Waals surface area contributed by atoms with Crippen LogP contribution >= 0.6 is 0 Å². The molecule has 0 saturated carbocycles. The molecule has 0 unspecified atom stereocenters. The highest BCUT2D eigenvalue weighted by atomic mass is 32.2. The Morgan fingerprint density at radius 1 is 0.284 bits per heavy atom. The van der Waals surface area contributed by atoms with Crippen molar-refractivity contribution in [1.82, 2.24) is 0 Å². The smallest absolute Gasteiger partial charge is 0.206 e. The molecule has 0 bridgehead atoms. The molecule has 10 rings (SSSR count). The number of sulfone groups is 3. The van der Waals surface area contributed by atoms with Gasteiger partial charge in [-0.15, -0.1) is 0 Å². The summed E-state index contributed by atoms with van der Waals surface area (Å²) in [5.41, 5.74) is 1.75. The number of phenols is 2. The summed E-state index contributed by atoms with van der Waals surface area (Å²) in [6, 6.07) is 54.7. The third-order valence-electron chi connectivity index (χ3n) is 11.7. The van der Waals surface area contributed by atoms with Gasteiger partial charge in [0, 0.05) is 22.3 Å². The van der Waals surface area contributed by atoms with Crippen LogP contribution in [0.4, 0.5) is 17.6 Å². The fourth-order valence-corrected chi connectivity index (χ4v) is 11.2. The molecule has 0 aromatic heterocycles. The Bertz CT molecular complexity index is 4070. The van der Waals surface area contributed by atoms with E-state index in [1.807, 2.05) is 0 Å². The first-order valence-electron chi connectivity index (χ1n) is 23.9. The number of carbonyl (C=O) groups is 2. The number of ether oxygens (including phenoxy) is 2. The maximum absolute atomic E-state index is 13.2. The minimum Gasteiger partial charge on any atom is -0.508 e. The van der Waals surface area contributed by atoms with Crippen molar-refractivity contribution in [2.75, 3.05) is 0 Å². The summed E-state index contributed by atoms with van der Waals surface area (Å²) in [5.74, 6) is -0.750. The summed E-state index contributed by atoms with van der Waals surface area (Å²) in [4.78, 5) is 25.1. The van der Waals surface area contributed by atoms with Crippen molar-refractivity contribution in [1.29, 1.82) is 0 Å². The molecule has 0 heterocycles.